The molecule has 8 heteroatoms. The van der Waals surface area contributed by atoms with Crippen LogP contribution in [0.3, 0.4) is 0 Å². The van der Waals surface area contributed by atoms with Crippen LogP contribution in [-0.2, 0) is 0 Å². The van der Waals surface area contributed by atoms with Crippen LogP contribution >= 0.6 is 0 Å². The number of aromatic nitrogens is 4. The molecule has 0 spiro atoms. The van der Waals surface area contributed by atoms with Gasteiger partial charge in [0.05, 0.1) is 36.7 Å². The second kappa shape index (κ2) is 8.57. The highest BCUT2D eigenvalue weighted by atomic mass is 16.5. The van der Waals surface area contributed by atoms with E-state index >= 15 is 0 Å². The molecule has 0 saturated carbocycles. The molecule has 1 aliphatic heterocycles. The largest absolute Gasteiger partial charge is 0.493 e. The Morgan fingerprint density at radius 2 is 2.13 bits per heavy atom. The van der Waals surface area contributed by atoms with Crippen molar-refractivity contribution in [3.8, 4) is 17.6 Å². The van der Waals surface area contributed by atoms with Gasteiger partial charge in [-0.25, -0.2) is 0 Å². The number of hydrogen-bond donors (Lipinski definition) is 0. The molecule has 4 rings (SSSR count). The zero-order valence-corrected chi connectivity index (χ0v) is 17.6. The Kier molecular flexibility index (Phi) is 5.70. The molecule has 0 aliphatic carbocycles. The fourth-order valence-corrected chi connectivity index (χ4v) is 3.83. The first-order valence-electron chi connectivity index (χ1n) is 10.3. The van der Waals surface area contributed by atoms with Gasteiger partial charge in [-0.2, -0.15) is 14.9 Å². The van der Waals surface area contributed by atoms with E-state index in [2.05, 4.69) is 46.2 Å². The maximum atomic E-state index is 9.07. The van der Waals surface area contributed by atoms with Gasteiger partial charge in [0.15, 0.2) is 11.5 Å². The summed E-state index contributed by atoms with van der Waals surface area (Å²) in [6.07, 6.45) is 3.84. The van der Waals surface area contributed by atoms with Crippen molar-refractivity contribution >= 4 is 11.3 Å². The van der Waals surface area contributed by atoms with Crippen molar-refractivity contribution in [2.24, 2.45) is 5.92 Å². The van der Waals surface area contributed by atoms with E-state index in [-0.39, 0.29) is 0 Å². The average molecular weight is 406 g/mol. The van der Waals surface area contributed by atoms with Gasteiger partial charge in [-0.1, -0.05) is 13.8 Å². The highest BCUT2D eigenvalue weighted by molar-refractivity contribution is 5.68. The minimum absolute atomic E-state index is 0.323. The van der Waals surface area contributed by atoms with E-state index in [0.29, 0.717) is 35.5 Å². The molecule has 0 amide bonds. The van der Waals surface area contributed by atoms with Crippen LogP contribution in [0.2, 0.25) is 0 Å². The van der Waals surface area contributed by atoms with Crippen LogP contribution in [0.5, 0.6) is 11.5 Å². The number of anilines is 1. The Labute approximate surface area is 176 Å². The Hall–Kier alpha value is -3.34. The number of hydrogen-bond acceptors (Lipinski definition) is 7. The van der Waals surface area contributed by atoms with Gasteiger partial charge < -0.3 is 14.4 Å². The summed E-state index contributed by atoms with van der Waals surface area (Å²) in [6, 6.07) is 9.52. The van der Waals surface area contributed by atoms with E-state index in [4.69, 9.17) is 14.7 Å². The predicted octanol–water partition coefficient (Wildman–Crippen LogP) is 3.42. The summed E-state index contributed by atoms with van der Waals surface area (Å²) in [4.78, 5) is 2.37. The van der Waals surface area contributed by atoms with Gasteiger partial charge in [-0.15, -0.1) is 10.2 Å². The Morgan fingerprint density at radius 3 is 2.90 bits per heavy atom. The normalized spacial score (nSPS) is 16.6. The molecule has 3 aromatic rings. The van der Waals surface area contributed by atoms with E-state index in [1.54, 1.807) is 36.2 Å². The first-order chi connectivity index (χ1) is 14.6. The number of methoxy groups -OCH3 is 1. The molecular weight excluding hydrogens is 380 g/mol. The van der Waals surface area contributed by atoms with Gasteiger partial charge in [0.25, 0.3) is 0 Å². The third-order valence-corrected chi connectivity index (χ3v) is 5.49. The average Bonchev–Trinajstić information content (AvgIpc) is 3.25. The third kappa shape index (κ3) is 4.01. The fraction of sp³-hybridized carbons (Fsp3) is 0.455. The monoisotopic (exact) mass is 406 g/mol. The third-order valence-electron chi connectivity index (χ3n) is 5.49. The van der Waals surface area contributed by atoms with Crippen LogP contribution in [0.1, 0.15) is 43.9 Å². The summed E-state index contributed by atoms with van der Waals surface area (Å²) < 4.78 is 13.2. The molecule has 1 aliphatic rings. The van der Waals surface area contributed by atoms with Crippen LogP contribution in [-0.4, -0.2) is 46.6 Å². The number of benzene rings is 1. The highest BCUT2D eigenvalue weighted by Crippen LogP contribution is 2.31. The van der Waals surface area contributed by atoms with Crippen molar-refractivity contribution in [1.29, 1.82) is 5.26 Å². The summed E-state index contributed by atoms with van der Waals surface area (Å²) in [5.74, 6) is 1.95. The maximum Gasteiger partial charge on any atom is 0.200 e. The first kappa shape index (κ1) is 20.0. The Balaban J connectivity index is 1.50. The lowest BCUT2D eigenvalue weighted by Crippen LogP contribution is -2.38. The van der Waals surface area contributed by atoms with Gasteiger partial charge >= 0.3 is 0 Å². The van der Waals surface area contributed by atoms with Crippen molar-refractivity contribution in [3.05, 3.63) is 41.9 Å². The Morgan fingerprint density at radius 1 is 1.27 bits per heavy atom. The molecule has 0 bridgehead atoms. The molecule has 156 valence electrons. The smallest absolute Gasteiger partial charge is 0.200 e. The van der Waals surface area contributed by atoms with Crippen LogP contribution in [0.25, 0.3) is 5.65 Å². The molecule has 1 aromatic carbocycles. The molecule has 0 radical (unpaired) electrons. The number of nitriles is 1. The van der Waals surface area contributed by atoms with Gasteiger partial charge in [0.2, 0.25) is 5.65 Å². The van der Waals surface area contributed by atoms with Gasteiger partial charge in [-0.3, -0.25) is 0 Å². The van der Waals surface area contributed by atoms with Crippen molar-refractivity contribution in [1.82, 2.24) is 19.8 Å². The molecule has 8 nitrogen and oxygen atoms in total. The molecule has 2 aromatic heterocycles. The quantitative estimate of drug-likeness (QED) is 0.620. The lowest BCUT2D eigenvalue weighted by molar-refractivity contribution is 0.220. The molecular formula is C22H26N6O2. The number of rotatable bonds is 6. The standard InChI is InChI=1S/C22H26N6O2/c1-15(2)18-10-19(22-25-24-14-28(22)26-18)27-8-4-5-17(12-27)13-30-20-7-6-16(11-23)9-21(20)29-3/h6-7,9-10,14-15,17H,4-5,8,12-13H2,1-3H3. The highest BCUT2D eigenvalue weighted by Gasteiger charge is 2.24. The first-order valence-corrected chi connectivity index (χ1v) is 10.3. The van der Waals surface area contributed by atoms with E-state index in [1.807, 2.05) is 0 Å². The lowest BCUT2D eigenvalue weighted by atomic mass is 9.98. The van der Waals surface area contributed by atoms with Gasteiger partial charge in [0.1, 0.15) is 6.33 Å². The van der Waals surface area contributed by atoms with E-state index < -0.39 is 0 Å². The molecule has 3 heterocycles. The van der Waals surface area contributed by atoms with Crippen molar-refractivity contribution < 1.29 is 9.47 Å². The van der Waals surface area contributed by atoms with E-state index in [9.17, 15) is 0 Å². The summed E-state index contributed by atoms with van der Waals surface area (Å²) in [6.45, 7) is 6.72. The summed E-state index contributed by atoms with van der Waals surface area (Å²) in [5.41, 5.74) is 3.44. The molecule has 30 heavy (non-hydrogen) atoms. The van der Waals surface area contributed by atoms with Crippen molar-refractivity contribution in [3.63, 3.8) is 0 Å². The molecule has 1 saturated heterocycles. The molecule has 1 unspecified atom stereocenters. The topological polar surface area (TPSA) is 88.6 Å². The Bertz CT molecular complexity index is 1070. The number of fused-ring (bicyclic) bond motifs is 1. The second-order valence-electron chi connectivity index (χ2n) is 7.95. The zero-order valence-electron chi connectivity index (χ0n) is 17.6. The number of ether oxygens (including phenoxy) is 2. The van der Waals surface area contributed by atoms with Crippen LogP contribution in [0, 0.1) is 17.2 Å². The predicted molar refractivity (Wildman–Crippen MR) is 113 cm³/mol. The molecule has 1 atom stereocenters. The molecule has 1 fully saturated rings. The van der Waals surface area contributed by atoms with E-state index in [1.165, 1.54) is 0 Å². The maximum absolute atomic E-state index is 9.07. The fourth-order valence-electron chi connectivity index (χ4n) is 3.83. The van der Waals surface area contributed by atoms with Crippen LogP contribution in [0.4, 0.5) is 5.69 Å². The summed E-state index contributed by atoms with van der Waals surface area (Å²) in [7, 11) is 1.59. The van der Waals surface area contributed by atoms with Crippen molar-refractivity contribution in [2.45, 2.75) is 32.6 Å². The van der Waals surface area contributed by atoms with Crippen LogP contribution in [0.15, 0.2) is 30.6 Å². The summed E-state index contributed by atoms with van der Waals surface area (Å²) >= 11 is 0. The second-order valence-corrected chi connectivity index (χ2v) is 7.95. The summed E-state index contributed by atoms with van der Waals surface area (Å²) in [5, 5.41) is 22.0. The zero-order chi connectivity index (χ0) is 21.1. The minimum Gasteiger partial charge on any atom is -0.493 e. The lowest BCUT2D eigenvalue weighted by Gasteiger charge is -2.34. The van der Waals surface area contributed by atoms with Gasteiger partial charge in [-0.05, 0) is 37.0 Å². The number of piperidine rings is 1. The van der Waals surface area contributed by atoms with Gasteiger partial charge in [0, 0.05) is 25.1 Å². The van der Waals surface area contributed by atoms with E-state index in [0.717, 1.165) is 43.0 Å². The SMILES string of the molecule is COc1cc(C#N)ccc1OCC1CCCN(c2cc(C(C)C)nn3cnnc23)C1. The van der Waals surface area contributed by atoms with Crippen molar-refractivity contribution in [2.75, 3.05) is 31.7 Å². The van der Waals surface area contributed by atoms with Crippen LogP contribution < -0.4 is 14.4 Å². The minimum atomic E-state index is 0.323. The number of nitrogens with zero attached hydrogens (tertiary/aromatic N) is 6. The molecule has 0 N–H and O–H groups in total.